The first-order chi connectivity index (χ1) is 12.1. The van der Waals surface area contributed by atoms with Crippen molar-refractivity contribution in [2.24, 2.45) is 0 Å². The second kappa shape index (κ2) is 7.17. The molecule has 1 N–H and O–H groups in total. The Kier molecular flexibility index (Phi) is 4.79. The molecule has 130 valence electrons. The summed E-state index contributed by atoms with van der Waals surface area (Å²) in [4.78, 5) is 12.3. The summed E-state index contributed by atoms with van der Waals surface area (Å²) >= 11 is 0. The molecular weight excluding hydrogens is 322 g/mol. The zero-order valence-corrected chi connectivity index (χ0v) is 14.3. The number of carbonyl (C=O) groups is 1. The van der Waals surface area contributed by atoms with Crippen LogP contribution in [0.2, 0.25) is 0 Å². The van der Waals surface area contributed by atoms with Gasteiger partial charge in [0.2, 0.25) is 12.7 Å². The Labute approximate surface area is 146 Å². The highest BCUT2D eigenvalue weighted by Gasteiger charge is 2.14. The summed E-state index contributed by atoms with van der Waals surface area (Å²) in [6.45, 7) is 2.05. The van der Waals surface area contributed by atoms with Gasteiger partial charge in [0.15, 0.2) is 11.5 Å². The Morgan fingerprint density at radius 1 is 1.08 bits per heavy atom. The highest BCUT2D eigenvalue weighted by atomic mass is 16.7. The fraction of sp³-hybridized carbons (Fsp3) is 0.211. The lowest BCUT2D eigenvalue weighted by Gasteiger charge is -2.11. The summed E-state index contributed by atoms with van der Waals surface area (Å²) in [5.41, 5.74) is 2.24. The molecule has 2 aromatic carbocycles. The van der Waals surface area contributed by atoms with Crippen molar-refractivity contribution in [1.29, 1.82) is 0 Å². The topological polar surface area (TPSA) is 66.0 Å². The van der Waals surface area contributed by atoms with Gasteiger partial charge < -0.3 is 24.3 Å². The van der Waals surface area contributed by atoms with Crippen LogP contribution in [0, 0.1) is 0 Å². The maximum atomic E-state index is 12.3. The highest BCUT2D eigenvalue weighted by molar-refractivity contribution is 6.04. The molecule has 0 spiro atoms. The lowest BCUT2D eigenvalue weighted by Crippen LogP contribution is -2.08. The average Bonchev–Trinajstić information content (AvgIpc) is 3.08. The Morgan fingerprint density at radius 2 is 1.88 bits per heavy atom. The van der Waals surface area contributed by atoms with Crippen LogP contribution >= 0.6 is 0 Å². The van der Waals surface area contributed by atoms with Gasteiger partial charge in [-0.3, -0.25) is 4.79 Å². The van der Waals surface area contributed by atoms with Crippen molar-refractivity contribution in [3.05, 3.63) is 48.0 Å². The Hall–Kier alpha value is -3.15. The number of carbonyl (C=O) groups excluding carboxylic acids is 1. The van der Waals surface area contributed by atoms with Crippen LogP contribution in [-0.4, -0.2) is 26.9 Å². The molecule has 0 aliphatic carbocycles. The molecule has 0 radical (unpaired) electrons. The van der Waals surface area contributed by atoms with E-state index in [0.717, 1.165) is 11.1 Å². The van der Waals surface area contributed by atoms with E-state index in [0.29, 0.717) is 28.7 Å². The van der Waals surface area contributed by atoms with Crippen molar-refractivity contribution in [2.45, 2.75) is 6.92 Å². The maximum Gasteiger partial charge on any atom is 0.248 e. The van der Waals surface area contributed by atoms with Crippen LogP contribution in [0.3, 0.4) is 0 Å². The van der Waals surface area contributed by atoms with Gasteiger partial charge in [0.05, 0.1) is 14.2 Å². The van der Waals surface area contributed by atoms with E-state index in [1.54, 1.807) is 38.5 Å². The van der Waals surface area contributed by atoms with Gasteiger partial charge in [-0.15, -0.1) is 0 Å². The molecule has 1 amide bonds. The minimum absolute atomic E-state index is 0.197. The molecule has 0 fully saturated rings. The Morgan fingerprint density at radius 3 is 2.64 bits per heavy atom. The predicted octanol–water partition coefficient (Wildman–Crippen LogP) is 3.47. The fourth-order valence-corrected chi connectivity index (χ4v) is 2.55. The van der Waals surface area contributed by atoms with E-state index in [1.807, 2.05) is 19.1 Å². The van der Waals surface area contributed by atoms with Crippen molar-refractivity contribution in [3.8, 4) is 23.0 Å². The second-order valence-electron chi connectivity index (χ2n) is 5.45. The van der Waals surface area contributed by atoms with Gasteiger partial charge in [0.1, 0.15) is 11.5 Å². The SMILES string of the molecule is COc1ccc(/C(C)=C/C(=O)Nc2ccc3c(c2)OCO3)c(OC)c1. The van der Waals surface area contributed by atoms with Crippen LogP contribution < -0.4 is 24.3 Å². The summed E-state index contributed by atoms with van der Waals surface area (Å²) in [6.07, 6.45) is 1.52. The van der Waals surface area contributed by atoms with E-state index in [2.05, 4.69) is 5.32 Å². The number of allylic oxidation sites excluding steroid dienone is 1. The van der Waals surface area contributed by atoms with Gasteiger partial charge in [-0.25, -0.2) is 0 Å². The molecule has 1 heterocycles. The standard InChI is InChI=1S/C19H19NO5/c1-12(15-6-5-14(22-2)10-17(15)23-3)8-19(21)20-13-4-7-16-18(9-13)25-11-24-16/h4-10H,11H2,1-3H3,(H,20,21)/b12-8+. The first-order valence-electron chi connectivity index (χ1n) is 7.72. The third kappa shape index (κ3) is 3.68. The summed E-state index contributed by atoms with van der Waals surface area (Å²) in [7, 11) is 3.17. The molecule has 0 atom stereocenters. The third-order valence-electron chi connectivity index (χ3n) is 3.82. The van der Waals surface area contributed by atoms with Gasteiger partial charge in [0, 0.05) is 29.5 Å². The molecule has 3 rings (SSSR count). The molecule has 1 aliphatic rings. The van der Waals surface area contributed by atoms with Gasteiger partial charge in [0.25, 0.3) is 0 Å². The van der Waals surface area contributed by atoms with Gasteiger partial charge >= 0.3 is 0 Å². The number of hydrogen-bond acceptors (Lipinski definition) is 5. The minimum atomic E-state index is -0.241. The van der Waals surface area contributed by atoms with Gasteiger partial charge in [-0.2, -0.15) is 0 Å². The van der Waals surface area contributed by atoms with Crippen LogP contribution in [0.5, 0.6) is 23.0 Å². The zero-order valence-electron chi connectivity index (χ0n) is 14.3. The monoisotopic (exact) mass is 341 g/mol. The number of nitrogens with one attached hydrogen (secondary N) is 1. The van der Waals surface area contributed by atoms with Crippen molar-refractivity contribution >= 4 is 17.2 Å². The van der Waals surface area contributed by atoms with Crippen molar-refractivity contribution in [2.75, 3.05) is 26.3 Å². The first kappa shape index (κ1) is 16.7. The van der Waals surface area contributed by atoms with Crippen molar-refractivity contribution < 1.29 is 23.7 Å². The molecule has 6 heteroatoms. The Bertz CT molecular complexity index is 829. The summed E-state index contributed by atoms with van der Waals surface area (Å²) in [5, 5.41) is 2.82. The molecule has 6 nitrogen and oxygen atoms in total. The smallest absolute Gasteiger partial charge is 0.248 e. The molecule has 25 heavy (non-hydrogen) atoms. The largest absolute Gasteiger partial charge is 0.497 e. The molecular formula is C19H19NO5. The van der Waals surface area contributed by atoms with Crippen LogP contribution in [0.25, 0.3) is 5.57 Å². The number of anilines is 1. The van der Waals surface area contributed by atoms with Gasteiger partial charge in [-0.05, 0) is 36.8 Å². The number of hydrogen-bond donors (Lipinski definition) is 1. The second-order valence-corrected chi connectivity index (χ2v) is 5.45. The summed E-state index contributed by atoms with van der Waals surface area (Å²) in [5.74, 6) is 2.39. The first-order valence-corrected chi connectivity index (χ1v) is 7.72. The molecule has 1 aliphatic heterocycles. The van der Waals surface area contributed by atoms with E-state index < -0.39 is 0 Å². The van der Waals surface area contributed by atoms with Crippen LogP contribution in [0.1, 0.15) is 12.5 Å². The minimum Gasteiger partial charge on any atom is -0.497 e. The average molecular weight is 341 g/mol. The zero-order chi connectivity index (χ0) is 17.8. The molecule has 0 bridgehead atoms. The van der Waals surface area contributed by atoms with Crippen LogP contribution in [0.4, 0.5) is 5.69 Å². The normalized spacial score (nSPS) is 12.7. The molecule has 0 saturated carbocycles. The van der Waals surface area contributed by atoms with Crippen LogP contribution in [-0.2, 0) is 4.79 Å². The number of methoxy groups -OCH3 is 2. The number of fused-ring (bicyclic) bond motifs is 1. The molecule has 2 aromatic rings. The number of rotatable bonds is 5. The maximum absolute atomic E-state index is 12.3. The van der Waals surface area contributed by atoms with E-state index in [9.17, 15) is 4.79 Å². The predicted molar refractivity (Wildman–Crippen MR) is 94.4 cm³/mol. The Balaban J connectivity index is 1.76. The third-order valence-corrected chi connectivity index (χ3v) is 3.82. The summed E-state index contributed by atoms with van der Waals surface area (Å²) in [6, 6.07) is 10.7. The number of benzene rings is 2. The quantitative estimate of drug-likeness (QED) is 0.844. The van der Waals surface area contributed by atoms with E-state index in [1.165, 1.54) is 6.08 Å². The van der Waals surface area contributed by atoms with Crippen molar-refractivity contribution in [3.63, 3.8) is 0 Å². The molecule has 0 unspecified atom stereocenters. The van der Waals surface area contributed by atoms with Crippen molar-refractivity contribution in [1.82, 2.24) is 0 Å². The van der Waals surface area contributed by atoms with Gasteiger partial charge in [-0.1, -0.05) is 0 Å². The molecule has 0 aromatic heterocycles. The lowest BCUT2D eigenvalue weighted by atomic mass is 10.1. The lowest BCUT2D eigenvalue weighted by molar-refractivity contribution is -0.111. The van der Waals surface area contributed by atoms with E-state index in [-0.39, 0.29) is 12.7 Å². The highest BCUT2D eigenvalue weighted by Crippen LogP contribution is 2.34. The number of amides is 1. The fourth-order valence-electron chi connectivity index (χ4n) is 2.55. The van der Waals surface area contributed by atoms with E-state index in [4.69, 9.17) is 18.9 Å². The summed E-state index contributed by atoms with van der Waals surface area (Å²) < 4.78 is 21.1. The number of ether oxygens (including phenoxy) is 4. The molecule has 0 saturated heterocycles. The van der Waals surface area contributed by atoms with Crippen LogP contribution in [0.15, 0.2) is 42.5 Å². The van der Waals surface area contributed by atoms with E-state index >= 15 is 0 Å².